The third kappa shape index (κ3) is 4.29. The zero-order valence-electron chi connectivity index (χ0n) is 17.4. The van der Waals surface area contributed by atoms with Gasteiger partial charge in [-0.1, -0.05) is 6.07 Å². The second kappa shape index (κ2) is 8.03. The minimum atomic E-state index is -0.988. The summed E-state index contributed by atoms with van der Waals surface area (Å²) < 4.78 is 16.3. The summed E-state index contributed by atoms with van der Waals surface area (Å²) in [5.74, 6) is 1.37. The van der Waals surface area contributed by atoms with Gasteiger partial charge in [0.1, 0.15) is 17.2 Å². The van der Waals surface area contributed by atoms with Gasteiger partial charge in [-0.3, -0.25) is 9.59 Å². The van der Waals surface area contributed by atoms with E-state index in [1.807, 2.05) is 25.1 Å². The maximum absolute atomic E-state index is 12.9. The molecule has 3 rings (SSSR count). The lowest BCUT2D eigenvalue weighted by Gasteiger charge is -2.38. The Hall–Kier alpha value is -3.22. The average molecular weight is 398 g/mol. The highest BCUT2D eigenvalue weighted by molar-refractivity contribution is 6.03. The Morgan fingerprint density at radius 2 is 1.90 bits per heavy atom. The summed E-state index contributed by atoms with van der Waals surface area (Å²) in [6.07, 6.45) is 0.129. The highest BCUT2D eigenvalue weighted by Gasteiger charge is 2.40. The van der Waals surface area contributed by atoms with Crippen LogP contribution >= 0.6 is 0 Å². The zero-order chi connectivity index (χ0) is 21.2. The lowest BCUT2D eigenvalue weighted by atomic mass is 10.0. The lowest BCUT2D eigenvalue weighted by molar-refractivity contribution is -0.132. The van der Waals surface area contributed by atoms with Gasteiger partial charge in [-0.2, -0.15) is 0 Å². The summed E-state index contributed by atoms with van der Waals surface area (Å²) in [4.78, 5) is 27.1. The smallest absolute Gasteiger partial charge is 0.270 e. The summed E-state index contributed by atoms with van der Waals surface area (Å²) in [6.45, 7) is 5.65. The Morgan fingerprint density at radius 3 is 2.59 bits per heavy atom. The van der Waals surface area contributed by atoms with Crippen LogP contribution in [-0.4, -0.2) is 38.2 Å². The molecule has 0 fully saturated rings. The first-order valence-corrected chi connectivity index (χ1v) is 9.38. The number of carbonyl (C=O) groups excluding carboxylic acids is 2. The molecule has 0 aliphatic carbocycles. The number of amides is 2. The SMILES string of the molecule is COc1ccc(NC(=O)CCN2C(=O)C(C)(C)Oc3ccc(C)cc32)c(OC)c1. The summed E-state index contributed by atoms with van der Waals surface area (Å²) in [5.41, 5.74) is 1.25. The maximum atomic E-state index is 12.9. The number of benzene rings is 2. The average Bonchev–Trinajstić information content (AvgIpc) is 2.69. The van der Waals surface area contributed by atoms with E-state index in [1.165, 1.54) is 7.11 Å². The largest absolute Gasteiger partial charge is 0.497 e. The predicted molar refractivity (Wildman–Crippen MR) is 111 cm³/mol. The summed E-state index contributed by atoms with van der Waals surface area (Å²) in [5, 5.41) is 2.83. The second-order valence-corrected chi connectivity index (χ2v) is 7.40. The number of methoxy groups -OCH3 is 2. The van der Waals surface area contributed by atoms with Crippen molar-refractivity contribution in [3.63, 3.8) is 0 Å². The van der Waals surface area contributed by atoms with Crippen LogP contribution in [0, 0.1) is 6.92 Å². The molecular formula is C22H26N2O5. The molecule has 0 radical (unpaired) electrons. The van der Waals surface area contributed by atoms with Gasteiger partial charge in [0.2, 0.25) is 5.91 Å². The van der Waals surface area contributed by atoms with Crippen molar-refractivity contribution in [2.45, 2.75) is 32.8 Å². The minimum Gasteiger partial charge on any atom is -0.497 e. The van der Waals surface area contributed by atoms with Gasteiger partial charge in [-0.15, -0.1) is 0 Å². The van der Waals surface area contributed by atoms with Crippen molar-refractivity contribution in [1.29, 1.82) is 0 Å². The van der Waals surface area contributed by atoms with Crippen LogP contribution in [0.25, 0.3) is 0 Å². The quantitative estimate of drug-likeness (QED) is 0.805. The number of nitrogens with zero attached hydrogens (tertiary/aromatic N) is 1. The van der Waals surface area contributed by atoms with Crippen molar-refractivity contribution in [1.82, 2.24) is 0 Å². The van der Waals surface area contributed by atoms with Crippen molar-refractivity contribution >= 4 is 23.2 Å². The Balaban J connectivity index is 1.75. The van der Waals surface area contributed by atoms with Crippen molar-refractivity contribution in [2.75, 3.05) is 31.0 Å². The number of ether oxygens (including phenoxy) is 3. The standard InChI is InChI=1S/C22H26N2O5/c1-14-6-9-18-17(12-14)24(21(26)22(2,3)29-18)11-10-20(25)23-16-8-7-15(27-4)13-19(16)28-5/h6-9,12-13H,10-11H2,1-5H3,(H,23,25). The molecule has 1 aliphatic heterocycles. The minimum absolute atomic E-state index is 0.129. The topological polar surface area (TPSA) is 77.1 Å². The molecule has 29 heavy (non-hydrogen) atoms. The molecule has 7 heteroatoms. The monoisotopic (exact) mass is 398 g/mol. The van der Waals surface area contributed by atoms with Gasteiger partial charge < -0.3 is 24.4 Å². The highest BCUT2D eigenvalue weighted by atomic mass is 16.5. The molecule has 2 aromatic rings. The molecule has 1 heterocycles. The van der Waals surface area contributed by atoms with Crippen molar-refractivity contribution in [3.8, 4) is 17.2 Å². The van der Waals surface area contributed by atoms with Gasteiger partial charge in [-0.25, -0.2) is 0 Å². The van der Waals surface area contributed by atoms with E-state index in [1.54, 1.807) is 44.1 Å². The highest BCUT2D eigenvalue weighted by Crippen LogP contribution is 2.38. The van der Waals surface area contributed by atoms with Crippen LogP contribution in [0.15, 0.2) is 36.4 Å². The molecule has 154 valence electrons. The zero-order valence-corrected chi connectivity index (χ0v) is 17.4. The summed E-state index contributed by atoms with van der Waals surface area (Å²) in [6, 6.07) is 10.8. The molecule has 0 spiro atoms. The molecule has 0 bridgehead atoms. The first kappa shape index (κ1) is 20.5. The van der Waals surface area contributed by atoms with Gasteiger partial charge >= 0.3 is 0 Å². The van der Waals surface area contributed by atoms with Crippen LogP contribution in [0.4, 0.5) is 11.4 Å². The first-order chi connectivity index (χ1) is 13.7. The third-order valence-electron chi connectivity index (χ3n) is 4.78. The van der Waals surface area contributed by atoms with Crippen molar-refractivity contribution in [2.24, 2.45) is 0 Å². The van der Waals surface area contributed by atoms with Crippen LogP contribution in [-0.2, 0) is 9.59 Å². The van der Waals surface area contributed by atoms with Crippen LogP contribution in [0.3, 0.4) is 0 Å². The molecule has 7 nitrogen and oxygen atoms in total. The Labute approximate surface area is 170 Å². The number of hydrogen-bond acceptors (Lipinski definition) is 5. The maximum Gasteiger partial charge on any atom is 0.270 e. The van der Waals surface area contributed by atoms with E-state index in [0.29, 0.717) is 28.6 Å². The summed E-state index contributed by atoms with van der Waals surface area (Å²) >= 11 is 0. The third-order valence-corrected chi connectivity index (χ3v) is 4.78. The van der Waals surface area contributed by atoms with Crippen LogP contribution in [0.5, 0.6) is 17.2 Å². The fraction of sp³-hybridized carbons (Fsp3) is 0.364. The van der Waals surface area contributed by atoms with Gasteiger partial charge in [-0.05, 0) is 50.6 Å². The molecule has 2 aromatic carbocycles. The van der Waals surface area contributed by atoms with Crippen molar-refractivity contribution < 1.29 is 23.8 Å². The lowest BCUT2D eigenvalue weighted by Crippen LogP contribution is -2.53. The normalized spacial score (nSPS) is 14.7. The number of aryl methyl sites for hydroxylation is 1. The first-order valence-electron chi connectivity index (χ1n) is 9.38. The molecule has 0 unspecified atom stereocenters. The predicted octanol–water partition coefficient (Wildman–Crippen LogP) is 3.55. The molecule has 0 aromatic heterocycles. The van der Waals surface area contributed by atoms with Gasteiger partial charge in [0.05, 0.1) is 25.6 Å². The molecule has 1 aliphatic rings. The van der Waals surface area contributed by atoms with E-state index in [2.05, 4.69) is 5.32 Å². The fourth-order valence-electron chi connectivity index (χ4n) is 3.23. The molecule has 2 amide bonds. The molecule has 0 atom stereocenters. The number of fused-ring (bicyclic) bond motifs is 1. The van der Waals surface area contributed by atoms with Crippen LogP contribution in [0.2, 0.25) is 0 Å². The Morgan fingerprint density at radius 1 is 1.14 bits per heavy atom. The second-order valence-electron chi connectivity index (χ2n) is 7.40. The van der Waals surface area contributed by atoms with E-state index in [4.69, 9.17) is 14.2 Å². The van der Waals surface area contributed by atoms with E-state index in [9.17, 15) is 9.59 Å². The summed E-state index contributed by atoms with van der Waals surface area (Å²) in [7, 11) is 3.09. The van der Waals surface area contributed by atoms with E-state index in [0.717, 1.165) is 5.56 Å². The van der Waals surface area contributed by atoms with E-state index < -0.39 is 5.60 Å². The van der Waals surface area contributed by atoms with E-state index >= 15 is 0 Å². The number of carbonyl (C=O) groups is 2. The molecule has 1 N–H and O–H groups in total. The molecular weight excluding hydrogens is 372 g/mol. The molecule has 0 saturated carbocycles. The Kier molecular flexibility index (Phi) is 5.68. The Bertz CT molecular complexity index is 939. The van der Waals surface area contributed by atoms with E-state index in [-0.39, 0.29) is 24.8 Å². The number of anilines is 2. The van der Waals surface area contributed by atoms with Crippen molar-refractivity contribution in [3.05, 3.63) is 42.0 Å². The number of rotatable bonds is 6. The van der Waals surface area contributed by atoms with Crippen LogP contribution in [0.1, 0.15) is 25.8 Å². The van der Waals surface area contributed by atoms with Gasteiger partial charge in [0, 0.05) is 19.0 Å². The number of hydrogen-bond donors (Lipinski definition) is 1. The van der Waals surface area contributed by atoms with Gasteiger partial charge in [0.15, 0.2) is 5.60 Å². The number of nitrogens with one attached hydrogen (secondary N) is 1. The van der Waals surface area contributed by atoms with Gasteiger partial charge in [0.25, 0.3) is 5.91 Å². The fourth-order valence-corrected chi connectivity index (χ4v) is 3.23. The van der Waals surface area contributed by atoms with Crippen LogP contribution < -0.4 is 24.4 Å². The molecule has 0 saturated heterocycles.